The predicted molar refractivity (Wildman–Crippen MR) is 121 cm³/mol. The lowest BCUT2D eigenvalue weighted by Gasteiger charge is -2.31. The maximum Gasteiger partial charge on any atom is 0.245 e. The van der Waals surface area contributed by atoms with E-state index in [0.29, 0.717) is 30.6 Å². The number of nitrogens with one attached hydrogen (secondary N) is 1. The highest BCUT2D eigenvalue weighted by atomic mass is 79.9. The van der Waals surface area contributed by atoms with E-state index in [-0.39, 0.29) is 17.3 Å². The number of piperidine rings is 1. The second kappa shape index (κ2) is 8.45. The molecule has 3 aromatic rings. The van der Waals surface area contributed by atoms with Gasteiger partial charge in [0, 0.05) is 34.8 Å². The van der Waals surface area contributed by atoms with Gasteiger partial charge in [0.05, 0.1) is 11.4 Å². The molecule has 2 aromatic carbocycles. The Morgan fingerprint density at radius 2 is 2.00 bits per heavy atom. The van der Waals surface area contributed by atoms with E-state index >= 15 is 0 Å². The first-order valence-electron chi connectivity index (χ1n) is 9.77. The molecular weight excluding hydrogens is 466 g/mol. The van der Waals surface area contributed by atoms with Crippen molar-refractivity contribution < 1.29 is 13.2 Å². The number of benzene rings is 2. The monoisotopic (exact) mass is 487 g/mol. The van der Waals surface area contributed by atoms with Crippen LogP contribution in [0.5, 0.6) is 0 Å². The van der Waals surface area contributed by atoms with Crippen molar-refractivity contribution in [1.82, 2.24) is 9.29 Å². The number of hydrogen-bond donors (Lipinski definition) is 1. The minimum atomic E-state index is -3.76. The van der Waals surface area contributed by atoms with E-state index in [2.05, 4.69) is 26.2 Å². The average molecular weight is 488 g/mol. The molecule has 1 aromatic heterocycles. The number of amides is 1. The highest BCUT2D eigenvalue weighted by Crippen LogP contribution is 2.28. The van der Waals surface area contributed by atoms with Crippen LogP contribution in [-0.2, 0) is 14.8 Å². The number of rotatable bonds is 4. The van der Waals surface area contributed by atoms with Crippen LogP contribution in [0.15, 0.2) is 64.1 Å². The van der Waals surface area contributed by atoms with Crippen LogP contribution < -0.4 is 5.32 Å². The first-order valence-corrected chi connectivity index (χ1v) is 12.0. The van der Waals surface area contributed by atoms with Gasteiger partial charge >= 0.3 is 0 Å². The summed E-state index contributed by atoms with van der Waals surface area (Å²) >= 11 is 3.45. The summed E-state index contributed by atoms with van der Waals surface area (Å²) < 4.78 is 29.1. The maximum absolute atomic E-state index is 13.4. The van der Waals surface area contributed by atoms with Gasteiger partial charge in [-0.2, -0.15) is 4.31 Å². The van der Waals surface area contributed by atoms with Crippen LogP contribution in [0.1, 0.15) is 18.4 Å². The van der Waals surface area contributed by atoms with Crippen LogP contribution >= 0.6 is 15.9 Å². The summed E-state index contributed by atoms with van der Waals surface area (Å²) in [5.74, 6) is -0.562. The fraction of sp³-hybridized carbons (Fsp3) is 0.273. The molecule has 1 amide bonds. The number of hydrogen-bond acceptors (Lipinski definition) is 4. The zero-order valence-corrected chi connectivity index (χ0v) is 18.9. The standard InChI is InChI=1S/C22H22BrN3O3S/c1-15-13-18(9-10-19(15)23)25-22(27)17-7-4-12-26(14-17)30(28,29)20-8-2-5-16-6-3-11-24-21(16)20/h2-3,5-6,8-11,13,17H,4,7,12,14H2,1H3,(H,25,27). The van der Waals surface area contributed by atoms with Crippen LogP contribution in [-0.4, -0.2) is 36.7 Å². The summed E-state index contributed by atoms with van der Waals surface area (Å²) in [6.07, 6.45) is 2.88. The van der Waals surface area contributed by atoms with E-state index in [9.17, 15) is 13.2 Å². The van der Waals surface area contributed by atoms with Gasteiger partial charge in [-0.3, -0.25) is 9.78 Å². The third kappa shape index (κ3) is 4.12. The highest BCUT2D eigenvalue weighted by molar-refractivity contribution is 9.10. The van der Waals surface area contributed by atoms with Gasteiger partial charge in [0.1, 0.15) is 4.90 Å². The minimum absolute atomic E-state index is 0.160. The van der Waals surface area contributed by atoms with E-state index in [4.69, 9.17) is 0 Å². The molecule has 1 fully saturated rings. The number of aromatic nitrogens is 1. The van der Waals surface area contributed by atoms with E-state index in [1.165, 1.54) is 4.31 Å². The Morgan fingerprint density at radius 3 is 2.80 bits per heavy atom. The number of sulfonamides is 1. The van der Waals surface area contributed by atoms with Gasteiger partial charge in [0.2, 0.25) is 15.9 Å². The number of carbonyl (C=O) groups is 1. The molecule has 156 valence electrons. The first-order chi connectivity index (χ1) is 14.4. The van der Waals surface area contributed by atoms with Crippen LogP contribution in [0, 0.1) is 12.8 Å². The molecular formula is C22H22BrN3O3S. The van der Waals surface area contributed by atoms with Crippen molar-refractivity contribution in [2.45, 2.75) is 24.7 Å². The molecule has 8 heteroatoms. The van der Waals surface area contributed by atoms with Gasteiger partial charge in [-0.25, -0.2) is 8.42 Å². The zero-order valence-electron chi connectivity index (χ0n) is 16.5. The summed E-state index contributed by atoms with van der Waals surface area (Å²) in [6.45, 7) is 2.51. The van der Waals surface area contributed by atoms with Crippen LogP contribution in [0.4, 0.5) is 5.69 Å². The molecule has 30 heavy (non-hydrogen) atoms. The van der Waals surface area contributed by atoms with Crippen molar-refractivity contribution in [1.29, 1.82) is 0 Å². The van der Waals surface area contributed by atoms with Crippen LogP contribution in [0.2, 0.25) is 0 Å². The lowest BCUT2D eigenvalue weighted by molar-refractivity contribution is -0.120. The number of nitrogens with zero attached hydrogens (tertiary/aromatic N) is 2. The largest absolute Gasteiger partial charge is 0.326 e. The molecule has 1 saturated heterocycles. The first kappa shape index (κ1) is 21.0. The summed E-state index contributed by atoms with van der Waals surface area (Å²) in [6, 6.07) is 14.4. The van der Waals surface area contributed by atoms with Crippen LogP contribution in [0.3, 0.4) is 0 Å². The number of aryl methyl sites for hydroxylation is 1. The van der Waals surface area contributed by atoms with E-state index in [1.54, 1.807) is 24.4 Å². The smallest absolute Gasteiger partial charge is 0.245 e. The zero-order chi connectivity index (χ0) is 21.3. The Bertz CT molecular complexity index is 1210. The molecule has 4 rings (SSSR count). The van der Waals surface area contributed by atoms with Crippen molar-refractivity contribution in [3.8, 4) is 0 Å². The molecule has 0 bridgehead atoms. The van der Waals surface area contributed by atoms with E-state index in [1.807, 2.05) is 37.3 Å². The van der Waals surface area contributed by atoms with Crippen molar-refractivity contribution in [2.75, 3.05) is 18.4 Å². The van der Waals surface area contributed by atoms with Crippen molar-refractivity contribution in [2.24, 2.45) is 5.92 Å². The molecule has 1 N–H and O–H groups in total. The SMILES string of the molecule is Cc1cc(NC(=O)C2CCCN(S(=O)(=O)c3cccc4cccnc34)C2)ccc1Br. The molecule has 1 aliphatic rings. The summed E-state index contributed by atoms with van der Waals surface area (Å²) in [7, 11) is -3.76. The molecule has 0 aliphatic carbocycles. The Morgan fingerprint density at radius 1 is 1.20 bits per heavy atom. The Kier molecular flexibility index (Phi) is 5.90. The number of pyridine rings is 1. The molecule has 0 spiro atoms. The molecule has 2 heterocycles. The molecule has 1 atom stereocenters. The number of carbonyl (C=O) groups excluding carboxylic acids is 1. The van der Waals surface area contributed by atoms with Gasteiger partial charge in [0.25, 0.3) is 0 Å². The normalized spacial score (nSPS) is 17.7. The topological polar surface area (TPSA) is 79.4 Å². The number of para-hydroxylation sites is 1. The number of halogens is 1. The van der Waals surface area contributed by atoms with Gasteiger partial charge in [0.15, 0.2) is 0 Å². The second-order valence-electron chi connectivity index (χ2n) is 7.49. The summed E-state index contributed by atoms with van der Waals surface area (Å²) in [5, 5.41) is 3.70. The lowest BCUT2D eigenvalue weighted by atomic mass is 9.98. The molecule has 1 unspecified atom stereocenters. The van der Waals surface area contributed by atoms with Gasteiger partial charge in [-0.15, -0.1) is 0 Å². The van der Waals surface area contributed by atoms with Gasteiger partial charge in [-0.05, 0) is 55.7 Å². The summed E-state index contributed by atoms with van der Waals surface area (Å²) in [5.41, 5.74) is 2.18. The van der Waals surface area contributed by atoms with Crippen molar-refractivity contribution in [3.63, 3.8) is 0 Å². The average Bonchev–Trinajstić information content (AvgIpc) is 2.76. The number of anilines is 1. The minimum Gasteiger partial charge on any atom is -0.326 e. The quantitative estimate of drug-likeness (QED) is 0.593. The van der Waals surface area contributed by atoms with Gasteiger partial charge in [-0.1, -0.05) is 34.1 Å². The fourth-order valence-electron chi connectivity index (χ4n) is 3.76. The predicted octanol–water partition coefficient (Wildman–Crippen LogP) is 4.35. The second-order valence-corrected chi connectivity index (χ2v) is 10.2. The lowest BCUT2D eigenvalue weighted by Crippen LogP contribution is -2.43. The fourth-order valence-corrected chi connectivity index (χ4v) is 5.70. The van der Waals surface area contributed by atoms with E-state index < -0.39 is 15.9 Å². The van der Waals surface area contributed by atoms with E-state index in [0.717, 1.165) is 15.4 Å². The van der Waals surface area contributed by atoms with Gasteiger partial charge < -0.3 is 5.32 Å². The summed E-state index contributed by atoms with van der Waals surface area (Å²) in [4.78, 5) is 17.3. The molecule has 0 radical (unpaired) electrons. The third-order valence-electron chi connectivity index (χ3n) is 5.39. The molecule has 1 aliphatic heterocycles. The molecule has 0 saturated carbocycles. The van der Waals surface area contributed by atoms with Crippen LogP contribution in [0.25, 0.3) is 10.9 Å². The van der Waals surface area contributed by atoms with Crippen molar-refractivity contribution >= 4 is 48.5 Å². The Labute approximate surface area is 184 Å². The Balaban J connectivity index is 1.55. The third-order valence-corrected chi connectivity index (χ3v) is 8.18. The van der Waals surface area contributed by atoms with Crippen molar-refractivity contribution in [3.05, 3.63) is 64.8 Å². The Hall–Kier alpha value is -2.29. The molecule has 6 nitrogen and oxygen atoms in total. The maximum atomic E-state index is 13.4. The highest BCUT2D eigenvalue weighted by Gasteiger charge is 2.34. The number of fused-ring (bicyclic) bond motifs is 1.